The summed E-state index contributed by atoms with van der Waals surface area (Å²) in [5.41, 5.74) is 0. The van der Waals surface area contributed by atoms with Gasteiger partial charge in [-0.25, -0.2) is 9.78 Å². The number of esters is 1. The van der Waals surface area contributed by atoms with Crippen LogP contribution in [0.4, 0.5) is 5.82 Å². The zero-order valence-corrected chi connectivity index (χ0v) is 13.8. The van der Waals surface area contributed by atoms with Crippen molar-refractivity contribution in [2.75, 3.05) is 13.2 Å². The van der Waals surface area contributed by atoms with Gasteiger partial charge in [0.1, 0.15) is 6.20 Å². The van der Waals surface area contributed by atoms with Crippen LogP contribution in [0.15, 0.2) is 6.20 Å². The van der Waals surface area contributed by atoms with Gasteiger partial charge in [0.2, 0.25) is 0 Å². The largest absolute Gasteiger partial charge is 0.459 e. The number of imidazole rings is 1. The number of rotatable bonds is 8. The van der Waals surface area contributed by atoms with Gasteiger partial charge in [0.15, 0.2) is 6.73 Å². The molecule has 0 aromatic carbocycles. The second-order valence-electron chi connectivity index (χ2n) is 5.69. The summed E-state index contributed by atoms with van der Waals surface area (Å²) in [6.45, 7) is 8.86. The summed E-state index contributed by atoms with van der Waals surface area (Å²) in [5, 5.41) is 11.0. The van der Waals surface area contributed by atoms with Crippen molar-refractivity contribution in [2.45, 2.75) is 39.3 Å². The predicted molar refractivity (Wildman–Crippen MR) is 78.9 cm³/mol. The van der Waals surface area contributed by atoms with Crippen molar-refractivity contribution in [1.82, 2.24) is 9.55 Å². The molecule has 9 heteroatoms. The zero-order valence-electron chi connectivity index (χ0n) is 12.8. The molecule has 0 unspecified atom stereocenters. The molecular weight excluding hydrogens is 294 g/mol. The lowest BCUT2D eigenvalue weighted by Crippen LogP contribution is -2.23. The van der Waals surface area contributed by atoms with Crippen LogP contribution in [-0.4, -0.2) is 41.7 Å². The number of hydrogen-bond donors (Lipinski definition) is 0. The Morgan fingerprint density at radius 1 is 1.48 bits per heavy atom. The zero-order chi connectivity index (χ0) is 16.0. The van der Waals surface area contributed by atoms with Crippen LogP contribution in [0.3, 0.4) is 0 Å². The summed E-state index contributed by atoms with van der Waals surface area (Å²) in [6.07, 6.45) is 1.04. The molecule has 1 heterocycles. The van der Waals surface area contributed by atoms with E-state index >= 15 is 0 Å². The van der Waals surface area contributed by atoms with Crippen molar-refractivity contribution in [2.24, 2.45) is 0 Å². The molecule has 0 fully saturated rings. The second kappa shape index (κ2) is 7.32. The highest BCUT2D eigenvalue weighted by molar-refractivity contribution is 6.76. The molecule has 0 aliphatic heterocycles. The fourth-order valence-corrected chi connectivity index (χ4v) is 2.29. The predicted octanol–water partition coefficient (Wildman–Crippen LogP) is 2.28. The van der Waals surface area contributed by atoms with Crippen LogP contribution in [0.5, 0.6) is 0 Å². The molecule has 0 amide bonds. The average Bonchev–Trinajstić information content (AvgIpc) is 2.77. The van der Waals surface area contributed by atoms with Crippen LogP contribution < -0.4 is 0 Å². The van der Waals surface area contributed by atoms with Gasteiger partial charge >= 0.3 is 17.6 Å². The fraction of sp³-hybridized carbons (Fsp3) is 0.667. The van der Waals surface area contributed by atoms with Crippen molar-refractivity contribution in [3.8, 4) is 0 Å². The topological polar surface area (TPSA) is 96.5 Å². The fourth-order valence-electron chi connectivity index (χ4n) is 1.53. The molecule has 0 saturated carbocycles. The summed E-state index contributed by atoms with van der Waals surface area (Å²) >= 11 is 0. The van der Waals surface area contributed by atoms with E-state index in [1.54, 1.807) is 6.92 Å². The Morgan fingerprint density at radius 2 is 2.14 bits per heavy atom. The quantitative estimate of drug-likeness (QED) is 0.240. The molecule has 118 valence electrons. The van der Waals surface area contributed by atoms with Gasteiger partial charge in [0, 0.05) is 14.7 Å². The molecule has 0 radical (unpaired) electrons. The van der Waals surface area contributed by atoms with Gasteiger partial charge in [0.05, 0.1) is 6.61 Å². The van der Waals surface area contributed by atoms with Gasteiger partial charge in [-0.2, -0.15) is 4.57 Å². The Balaban J connectivity index is 2.79. The average molecular weight is 315 g/mol. The van der Waals surface area contributed by atoms with Gasteiger partial charge in [-0.3, -0.25) is 0 Å². The van der Waals surface area contributed by atoms with Crippen LogP contribution in [-0.2, 0) is 16.2 Å². The van der Waals surface area contributed by atoms with Gasteiger partial charge in [-0.05, 0) is 17.9 Å². The number of ether oxygens (including phenoxy) is 2. The summed E-state index contributed by atoms with van der Waals surface area (Å²) in [7, 11) is -1.24. The number of hydrogen-bond acceptors (Lipinski definition) is 6. The number of aromatic nitrogens is 2. The van der Waals surface area contributed by atoms with E-state index in [2.05, 4.69) is 24.6 Å². The van der Waals surface area contributed by atoms with Gasteiger partial charge in [0.25, 0.3) is 0 Å². The SMILES string of the molecule is CCOC(=O)c1ncc([N+](=O)[O-])n1COCC[Si](C)(C)C. The molecule has 0 aliphatic rings. The van der Waals surface area contributed by atoms with Crippen molar-refractivity contribution in [1.29, 1.82) is 0 Å². The number of nitrogens with zero attached hydrogens (tertiary/aromatic N) is 3. The first-order valence-corrected chi connectivity index (χ1v) is 10.4. The minimum atomic E-state index is -1.24. The van der Waals surface area contributed by atoms with Gasteiger partial charge in [-0.15, -0.1) is 0 Å². The van der Waals surface area contributed by atoms with Crippen molar-refractivity contribution >= 4 is 19.9 Å². The maximum atomic E-state index is 11.7. The Labute approximate surface area is 124 Å². The third kappa shape index (κ3) is 5.27. The molecular formula is C12H21N3O5Si. The normalized spacial score (nSPS) is 11.4. The minimum Gasteiger partial charge on any atom is -0.459 e. The lowest BCUT2D eigenvalue weighted by atomic mass is 10.6. The Hall–Kier alpha value is -1.74. The number of carbonyl (C=O) groups excluding carboxylic acids is 1. The number of nitro groups is 1. The molecule has 0 atom stereocenters. The summed E-state index contributed by atoms with van der Waals surface area (Å²) in [5.74, 6) is -1.10. The monoisotopic (exact) mass is 315 g/mol. The second-order valence-corrected chi connectivity index (χ2v) is 11.3. The third-order valence-electron chi connectivity index (χ3n) is 2.70. The molecule has 0 bridgehead atoms. The lowest BCUT2D eigenvalue weighted by molar-refractivity contribution is -0.393. The lowest BCUT2D eigenvalue weighted by Gasteiger charge is -2.15. The first-order chi connectivity index (χ1) is 9.76. The van der Waals surface area contributed by atoms with E-state index in [1.807, 2.05) is 0 Å². The molecule has 0 aliphatic carbocycles. The maximum absolute atomic E-state index is 11.7. The first kappa shape index (κ1) is 17.3. The van der Waals surface area contributed by atoms with E-state index in [4.69, 9.17) is 9.47 Å². The van der Waals surface area contributed by atoms with Crippen LogP contribution in [0, 0.1) is 10.1 Å². The van der Waals surface area contributed by atoms with E-state index in [0.29, 0.717) is 6.61 Å². The standard InChI is InChI=1S/C12H21N3O5Si/c1-5-20-12(16)11-13-8-10(15(17)18)14(11)9-19-6-7-21(2,3)4/h8H,5-7,9H2,1-4H3. The smallest absolute Gasteiger partial charge is 0.399 e. The van der Waals surface area contributed by atoms with Crippen LogP contribution in [0.1, 0.15) is 17.5 Å². The Kier molecular flexibility index (Phi) is 6.03. The van der Waals surface area contributed by atoms with Crippen LogP contribution in [0.2, 0.25) is 25.7 Å². The highest BCUT2D eigenvalue weighted by Gasteiger charge is 2.27. The van der Waals surface area contributed by atoms with Crippen LogP contribution >= 0.6 is 0 Å². The Bertz CT molecular complexity index is 509. The van der Waals surface area contributed by atoms with E-state index in [1.165, 1.54) is 0 Å². The third-order valence-corrected chi connectivity index (χ3v) is 4.40. The number of carbonyl (C=O) groups is 1. The van der Waals surface area contributed by atoms with Crippen molar-refractivity contribution in [3.05, 3.63) is 22.1 Å². The molecule has 1 aromatic heterocycles. The molecule has 0 saturated heterocycles. The minimum absolute atomic E-state index is 0.0884. The van der Waals surface area contributed by atoms with Crippen LogP contribution in [0.25, 0.3) is 0 Å². The molecule has 21 heavy (non-hydrogen) atoms. The molecule has 0 spiro atoms. The van der Waals surface area contributed by atoms with E-state index < -0.39 is 19.0 Å². The van der Waals surface area contributed by atoms with Crippen molar-refractivity contribution in [3.63, 3.8) is 0 Å². The summed E-state index contributed by atoms with van der Waals surface area (Å²) in [6, 6.07) is 0.935. The summed E-state index contributed by atoms with van der Waals surface area (Å²) < 4.78 is 11.4. The highest BCUT2D eigenvalue weighted by atomic mass is 28.3. The van der Waals surface area contributed by atoms with E-state index in [0.717, 1.165) is 16.8 Å². The summed E-state index contributed by atoms with van der Waals surface area (Å²) in [4.78, 5) is 25.8. The van der Waals surface area contributed by atoms with E-state index in [9.17, 15) is 14.9 Å². The Morgan fingerprint density at radius 3 is 2.67 bits per heavy atom. The van der Waals surface area contributed by atoms with E-state index in [-0.39, 0.29) is 25.0 Å². The van der Waals surface area contributed by atoms with Crippen molar-refractivity contribution < 1.29 is 19.2 Å². The van der Waals surface area contributed by atoms with Gasteiger partial charge < -0.3 is 19.6 Å². The molecule has 1 rings (SSSR count). The molecule has 1 aromatic rings. The molecule has 8 nitrogen and oxygen atoms in total. The van der Waals surface area contributed by atoms with Gasteiger partial charge in [-0.1, -0.05) is 19.6 Å². The highest BCUT2D eigenvalue weighted by Crippen LogP contribution is 2.16. The first-order valence-electron chi connectivity index (χ1n) is 6.71. The molecule has 0 N–H and O–H groups in total. The maximum Gasteiger partial charge on any atom is 0.399 e.